The van der Waals surface area contributed by atoms with Crippen LogP contribution in [0.1, 0.15) is 20.8 Å². The van der Waals surface area contributed by atoms with Crippen molar-refractivity contribution in [2.45, 2.75) is 32.4 Å². The molecular weight excluding hydrogens is 142 g/mol. The molecule has 0 aromatic rings. The SMILES string of the molecule is CC1COC(C)(C)C(=O)N1C. The number of nitrogens with zero attached hydrogens (tertiary/aromatic N) is 1. The number of carbonyl (C=O) groups excluding carboxylic acids is 1. The second-order valence-corrected chi connectivity index (χ2v) is 3.59. The van der Waals surface area contributed by atoms with Crippen molar-refractivity contribution >= 4 is 5.91 Å². The second-order valence-electron chi connectivity index (χ2n) is 3.59. The summed E-state index contributed by atoms with van der Waals surface area (Å²) in [5.74, 6) is 0.0660. The van der Waals surface area contributed by atoms with E-state index in [2.05, 4.69) is 0 Å². The van der Waals surface area contributed by atoms with Crippen LogP contribution in [0.25, 0.3) is 0 Å². The maximum absolute atomic E-state index is 11.5. The Balaban J connectivity index is 2.76. The Morgan fingerprint density at radius 1 is 1.64 bits per heavy atom. The van der Waals surface area contributed by atoms with Crippen LogP contribution in [0.2, 0.25) is 0 Å². The lowest BCUT2D eigenvalue weighted by molar-refractivity contribution is -0.170. The van der Waals surface area contributed by atoms with Crippen LogP contribution in [0.15, 0.2) is 0 Å². The predicted octanol–water partition coefficient (Wildman–Crippen LogP) is 0.642. The van der Waals surface area contributed by atoms with Crippen molar-refractivity contribution in [1.29, 1.82) is 0 Å². The van der Waals surface area contributed by atoms with Crippen molar-refractivity contribution in [3.05, 3.63) is 0 Å². The molecule has 0 saturated carbocycles. The number of rotatable bonds is 0. The van der Waals surface area contributed by atoms with Gasteiger partial charge in [-0.25, -0.2) is 0 Å². The third kappa shape index (κ3) is 1.38. The lowest BCUT2D eigenvalue weighted by Gasteiger charge is -2.39. The summed E-state index contributed by atoms with van der Waals surface area (Å²) in [7, 11) is 1.82. The van der Waals surface area contributed by atoms with E-state index >= 15 is 0 Å². The Morgan fingerprint density at radius 2 is 2.18 bits per heavy atom. The third-order valence-corrected chi connectivity index (χ3v) is 2.18. The summed E-state index contributed by atoms with van der Waals surface area (Å²) in [5, 5.41) is 0. The van der Waals surface area contributed by atoms with Crippen molar-refractivity contribution in [3.63, 3.8) is 0 Å². The van der Waals surface area contributed by atoms with E-state index in [0.717, 1.165) is 0 Å². The molecule has 0 aliphatic carbocycles. The van der Waals surface area contributed by atoms with E-state index in [1.807, 2.05) is 14.0 Å². The summed E-state index contributed by atoms with van der Waals surface area (Å²) < 4.78 is 5.37. The number of amides is 1. The maximum atomic E-state index is 11.5. The highest BCUT2D eigenvalue weighted by Gasteiger charge is 2.37. The molecule has 1 aliphatic rings. The highest BCUT2D eigenvalue weighted by atomic mass is 16.5. The van der Waals surface area contributed by atoms with Crippen LogP contribution in [0, 0.1) is 0 Å². The van der Waals surface area contributed by atoms with Crippen molar-refractivity contribution in [3.8, 4) is 0 Å². The van der Waals surface area contributed by atoms with E-state index in [9.17, 15) is 4.79 Å². The van der Waals surface area contributed by atoms with E-state index in [1.54, 1.807) is 18.7 Å². The van der Waals surface area contributed by atoms with E-state index in [4.69, 9.17) is 4.74 Å². The first-order valence-corrected chi connectivity index (χ1v) is 3.86. The van der Waals surface area contributed by atoms with Gasteiger partial charge in [0, 0.05) is 7.05 Å². The van der Waals surface area contributed by atoms with Gasteiger partial charge >= 0.3 is 0 Å². The quantitative estimate of drug-likeness (QED) is 0.516. The molecule has 11 heavy (non-hydrogen) atoms. The Hall–Kier alpha value is -0.570. The molecule has 0 N–H and O–H groups in total. The minimum Gasteiger partial charge on any atom is -0.364 e. The standard InChI is InChI=1S/C8H15NO2/c1-6-5-11-8(2,3)7(10)9(6)4/h6H,5H2,1-4H3. The molecule has 1 saturated heterocycles. The molecule has 1 heterocycles. The van der Waals surface area contributed by atoms with Crippen molar-refractivity contribution in [2.24, 2.45) is 0 Å². The van der Waals surface area contributed by atoms with Gasteiger partial charge in [0.2, 0.25) is 0 Å². The number of ether oxygens (including phenoxy) is 1. The molecule has 0 spiro atoms. The minimum absolute atomic E-state index is 0.0660. The van der Waals surface area contributed by atoms with Gasteiger partial charge in [-0.05, 0) is 20.8 Å². The zero-order valence-electron chi connectivity index (χ0n) is 7.55. The van der Waals surface area contributed by atoms with Crippen LogP contribution in [0.5, 0.6) is 0 Å². The van der Waals surface area contributed by atoms with Gasteiger partial charge in [-0.15, -0.1) is 0 Å². The Kier molecular flexibility index (Phi) is 1.92. The van der Waals surface area contributed by atoms with Gasteiger partial charge in [-0.1, -0.05) is 0 Å². The van der Waals surface area contributed by atoms with Gasteiger partial charge in [0.25, 0.3) is 5.91 Å². The maximum Gasteiger partial charge on any atom is 0.254 e. The Bertz CT molecular complexity index is 177. The second kappa shape index (κ2) is 2.48. The van der Waals surface area contributed by atoms with Crippen LogP contribution in [0.3, 0.4) is 0 Å². The van der Waals surface area contributed by atoms with Crippen molar-refractivity contribution < 1.29 is 9.53 Å². The fourth-order valence-electron chi connectivity index (χ4n) is 1.13. The van der Waals surface area contributed by atoms with E-state index in [0.29, 0.717) is 6.61 Å². The normalized spacial score (nSPS) is 30.7. The molecule has 0 aromatic carbocycles. The molecule has 1 rings (SSSR count). The average molecular weight is 157 g/mol. The van der Waals surface area contributed by atoms with Gasteiger partial charge in [-0.2, -0.15) is 0 Å². The molecule has 1 amide bonds. The zero-order valence-corrected chi connectivity index (χ0v) is 7.55. The summed E-state index contributed by atoms with van der Waals surface area (Å²) in [6.07, 6.45) is 0. The molecule has 0 aromatic heterocycles. The summed E-state index contributed by atoms with van der Waals surface area (Å²) in [4.78, 5) is 13.2. The van der Waals surface area contributed by atoms with Crippen LogP contribution in [0.4, 0.5) is 0 Å². The average Bonchev–Trinajstić information content (AvgIpc) is 1.95. The van der Waals surface area contributed by atoms with E-state index < -0.39 is 5.60 Å². The van der Waals surface area contributed by atoms with Gasteiger partial charge in [-0.3, -0.25) is 4.79 Å². The molecule has 0 radical (unpaired) electrons. The predicted molar refractivity (Wildman–Crippen MR) is 42.3 cm³/mol. The monoisotopic (exact) mass is 157 g/mol. The third-order valence-electron chi connectivity index (χ3n) is 2.18. The molecule has 1 aliphatic heterocycles. The van der Waals surface area contributed by atoms with Crippen molar-refractivity contribution in [1.82, 2.24) is 4.90 Å². The van der Waals surface area contributed by atoms with Crippen molar-refractivity contribution in [2.75, 3.05) is 13.7 Å². The molecule has 1 atom stereocenters. The number of hydrogen-bond donors (Lipinski definition) is 0. The first kappa shape index (κ1) is 8.53. The van der Waals surface area contributed by atoms with Crippen LogP contribution >= 0.6 is 0 Å². The highest BCUT2D eigenvalue weighted by molar-refractivity contribution is 5.85. The fourth-order valence-corrected chi connectivity index (χ4v) is 1.13. The van der Waals surface area contributed by atoms with Crippen LogP contribution in [-0.2, 0) is 9.53 Å². The van der Waals surface area contributed by atoms with E-state index in [1.165, 1.54) is 0 Å². The zero-order chi connectivity index (χ0) is 8.65. The van der Waals surface area contributed by atoms with Gasteiger partial charge < -0.3 is 9.64 Å². The first-order chi connectivity index (χ1) is 4.95. The van der Waals surface area contributed by atoms with E-state index in [-0.39, 0.29) is 11.9 Å². The number of hydrogen-bond acceptors (Lipinski definition) is 2. The summed E-state index contributed by atoms with van der Waals surface area (Å²) in [6, 6.07) is 0.204. The minimum atomic E-state index is -0.624. The summed E-state index contributed by atoms with van der Waals surface area (Å²) in [6.45, 7) is 6.22. The summed E-state index contributed by atoms with van der Waals surface area (Å²) in [5.41, 5.74) is -0.624. The van der Waals surface area contributed by atoms with Gasteiger partial charge in [0.15, 0.2) is 0 Å². The molecular formula is C8H15NO2. The lowest BCUT2D eigenvalue weighted by Crippen LogP contribution is -2.55. The molecule has 64 valence electrons. The Labute approximate surface area is 67.3 Å². The lowest BCUT2D eigenvalue weighted by atomic mass is 10.0. The molecule has 1 fully saturated rings. The molecule has 3 heteroatoms. The largest absolute Gasteiger partial charge is 0.364 e. The molecule has 3 nitrogen and oxygen atoms in total. The van der Waals surface area contributed by atoms with Crippen LogP contribution in [-0.4, -0.2) is 36.1 Å². The smallest absolute Gasteiger partial charge is 0.254 e. The number of likely N-dealkylation sites (N-methyl/N-ethyl adjacent to an activating group) is 1. The van der Waals surface area contributed by atoms with Gasteiger partial charge in [0.05, 0.1) is 12.6 Å². The Morgan fingerprint density at radius 3 is 2.64 bits per heavy atom. The summed E-state index contributed by atoms with van der Waals surface area (Å²) >= 11 is 0. The van der Waals surface area contributed by atoms with Gasteiger partial charge in [0.1, 0.15) is 5.60 Å². The highest BCUT2D eigenvalue weighted by Crippen LogP contribution is 2.20. The molecule has 1 unspecified atom stereocenters. The first-order valence-electron chi connectivity index (χ1n) is 3.86. The molecule has 0 bridgehead atoms. The van der Waals surface area contributed by atoms with Crippen LogP contribution < -0.4 is 0 Å². The number of morpholine rings is 1. The fraction of sp³-hybridized carbons (Fsp3) is 0.875. The topological polar surface area (TPSA) is 29.5 Å². The number of carbonyl (C=O) groups is 1.